The van der Waals surface area contributed by atoms with Crippen LogP contribution in [0.4, 0.5) is 0 Å². The Hall–Kier alpha value is -2.17. The Morgan fingerprint density at radius 1 is 0.848 bits per heavy atom. The second-order valence-electron chi connectivity index (χ2n) is 10.3. The molecule has 0 bridgehead atoms. The first kappa shape index (κ1) is 21.4. The van der Waals surface area contributed by atoms with Gasteiger partial charge in [-0.1, -0.05) is 85.3 Å². The number of hydrogen-bond acceptors (Lipinski definition) is 3. The van der Waals surface area contributed by atoms with Crippen LogP contribution in [0.1, 0.15) is 53.5 Å². The van der Waals surface area contributed by atoms with E-state index >= 15 is 0 Å². The van der Waals surface area contributed by atoms with Gasteiger partial charge in [0.1, 0.15) is 5.25 Å². The quantitative estimate of drug-likeness (QED) is 0.609. The summed E-state index contributed by atoms with van der Waals surface area (Å²) in [4.78, 5) is 2.53. The lowest BCUT2D eigenvalue weighted by atomic mass is 9.74. The fourth-order valence-electron chi connectivity index (χ4n) is 7.17. The average Bonchev–Trinajstić information content (AvgIpc) is 3.23. The number of fused-ring (bicyclic) bond motifs is 1. The average molecular weight is 460 g/mol. The van der Waals surface area contributed by atoms with E-state index < -0.39 is 15.1 Å². The van der Waals surface area contributed by atoms with E-state index in [1.54, 1.807) is 0 Å². The Balaban J connectivity index is 1.42. The van der Waals surface area contributed by atoms with Gasteiger partial charge in [0.05, 0.1) is 5.25 Å². The van der Waals surface area contributed by atoms with Gasteiger partial charge in [-0.3, -0.25) is 4.90 Å². The summed E-state index contributed by atoms with van der Waals surface area (Å²) in [5.41, 5.74) is 3.70. The number of sulfone groups is 1. The van der Waals surface area contributed by atoms with E-state index in [9.17, 15) is 8.42 Å². The molecule has 3 nitrogen and oxygen atoms in total. The molecule has 2 heterocycles. The molecule has 4 aliphatic rings. The maximum atomic E-state index is 14.1. The largest absolute Gasteiger partial charge is 0.297 e. The van der Waals surface area contributed by atoms with Crippen LogP contribution in [0.15, 0.2) is 78.9 Å². The van der Waals surface area contributed by atoms with Gasteiger partial charge in [-0.15, -0.1) is 0 Å². The molecule has 33 heavy (non-hydrogen) atoms. The molecular formula is C29H33NO2S. The van der Waals surface area contributed by atoms with Gasteiger partial charge < -0.3 is 0 Å². The minimum atomic E-state index is -3.27. The van der Waals surface area contributed by atoms with Crippen LogP contribution in [0.2, 0.25) is 0 Å². The van der Waals surface area contributed by atoms with Crippen LogP contribution >= 0.6 is 0 Å². The molecule has 0 saturated carbocycles. The molecule has 2 fully saturated rings. The Labute approximate surface area is 198 Å². The van der Waals surface area contributed by atoms with Crippen LogP contribution in [0, 0.1) is 11.8 Å². The summed E-state index contributed by atoms with van der Waals surface area (Å²) in [6.45, 7) is 2.05. The van der Waals surface area contributed by atoms with Crippen molar-refractivity contribution >= 4 is 9.84 Å². The Bertz CT molecular complexity index is 1160. The molecule has 4 unspecified atom stereocenters. The molecule has 172 valence electrons. The van der Waals surface area contributed by atoms with Gasteiger partial charge in [0, 0.05) is 6.04 Å². The van der Waals surface area contributed by atoms with Crippen molar-refractivity contribution in [1.29, 1.82) is 0 Å². The van der Waals surface area contributed by atoms with Crippen LogP contribution in [-0.2, 0) is 16.3 Å². The molecule has 2 aromatic carbocycles. The molecule has 6 atom stereocenters. The molecule has 2 aromatic rings. The fraction of sp³-hybridized carbons (Fsp3) is 0.448. The number of nitrogens with zero attached hydrogens (tertiary/aromatic N) is 1. The van der Waals surface area contributed by atoms with Crippen molar-refractivity contribution < 1.29 is 8.42 Å². The van der Waals surface area contributed by atoms with E-state index in [4.69, 9.17) is 0 Å². The van der Waals surface area contributed by atoms with E-state index in [1.807, 2.05) is 30.3 Å². The zero-order chi connectivity index (χ0) is 22.4. The van der Waals surface area contributed by atoms with Crippen LogP contribution < -0.4 is 0 Å². The first-order chi connectivity index (χ1) is 16.2. The summed E-state index contributed by atoms with van der Waals surface area (Å²) >= 11 is 0. The molecule has 4 heteroatoms. The summed E-state index contributed by atoms with van der Waals surface area (Å²) in [6, 6.07) is 18.8. The number of piperidine rings is 1. The summed E-state index contributed by atoms with van der Waals surface area (Å²) in [5.74, 6) is 0.781. The van der Waals surface area contributed by atoms with E-state index in [1.165, 1.54) is 30.4 Å². The number of allylic oxidation sites excluding steroid dienone is 4. The number of hydrogen-bond donors (Lipinski definition) is 0. The Morgan fingerprint density at radius 3 is 2.36 bits per heavy atom. The lowest BCUT2D eigenvalue weighted by molar-refractivity contribution is 0.112. The standard InChI is InChI=1S/C29H33NO2S/c31-33(32)28(22-14-6-2-7-15-22)27(30-18-10-3-11-19-30)29(33)25-20-23-16-8-9-17-24(23)26(25)21-12-4-1-5-13-21/h1-2,4-9,12,14-17,21,25-29H,3,10-11,13,18-20H2/t21?,25-,26-,27?,28?,29?/m0/s1. The second-order valence-corrected chi connectivity index (χ2v) is 12.5. The van der Waals surface area contributed by atoms with Crippen molar-refractivity contribution in [1.82, 2.24) is 4.90 Å². The molecule has 0 radical (unpaired) electrons. The molecular weight excluding hydrogens is 426 g/mol. The highest BCUT2D eigenvalue weighted by molar-refractivity contribution is 7.93. The highest BCUT2D eigenvalue weighted by atomic mass is 32.2. The van der Waals surface area contributed by atoms with Crippen LogP contribution in [0.25, 0.3) is 0 Å². The lowest BCUT2D eigenvalue weighted by Crippen LogP contribution is -2.66. The monoisotopic (exact) mass is 459 g/mol. The first-order valence-corrected chi connectivity index (χ1v) is 14.2. The third kappa shape index (κ3) is 3.54. The van der Waals surface area contributed by atoms with Gasteiger partial charge in [-0.05, 0) is 73.2 Å². The van der Waals surface area contributed by atoms with Gasteiger partial charge in [0.25, 0.3) is 0 Å². The molecule has 0 aromatic heterocycles. The van der Waals surface area contributed by atoms with Gasteiger partial charge >= 0.3 is 0 Å². The Kier molecular flexibility index (Phi) is 5.54. The van der Waals surface area contributed by atoms with Crippen molar-refractivity contribution in [2.24, 2.45) is 11.8 Å². The van der Waals surface area contributed by atoms with E-state index in [0.717, 1.165) is 31.5 Å². The third-order valence-electron chi connectivity index (χ3n) is 8.55. The van der Waals surface area contributed by atoms with Crippen LogP contribution in [-0.4, -0.2) is 37.7 Å². The van der Waals surface area contributed by atoms with E-state index in [2.05, 4.69) is 53.5 Å². The molecule has 2 aliphatic carbocycles. The molecule has 2 saturated heterocycles. The number of rotatable bonds is 4. The van der Waals surface area contributed by atoms with Crippen molar-refractivity contribution in [3.05, 3.63) is 95.6 Å². The van der Waals surface area contributed by atoms with Gasteiger partial charge in [0.15, 0.2) is 9.84 Å². The minimum absolute atomic E-state index is 0.0858. The SMILES string of the molecule is O=S1(=O)C(c2ccccc2)C(N2CCCCC2)C1[C@H]1Cc2ccccc2[C@@H]1C1C=CC=CC1. The maximum absolute atomic E-state index is 14.1. The normalized spacial score (nSPS) is 35.2. The molecule has 0 amide bonds. The van der Waals surface area contributed by atoms with Crippen LogP contribution in [0.3, 0.4) is 0 Å². The molecule has 0 N–H and O–H groups in total. The van der Waals surface area contributed by atoms with Gasteiger partial charge in [-0.25, -0.2) is 8.42 Å². The van der Waals surface area contributed by atoms with Crippen molar-refractivity contribution in [2.45, 2.75) is 54.6 Å². The summed E-state index contributed by atoms with van der Waals surface area (Å²) < 4.78 is 28.2. The maximum Gasteiger partial charge on any atom is 0.163 e. The highest BCUT2D eigenvalue weighted by Gasteiger charge is 2.63. The minimum Gasteiger partial charge on any atom is -0.297 e. The van der Waals surface area contributed by atoms with Gasteiger partial charge in [0.2, 0.25) is 0 Å². The molecule has 6 rings (SSSR count). The van der Waals surface area contributed by atoms with Crippen LogP contribution in [0.5, 0.6) is 0 Å². The smallest absolute Gasteiger partial charge is 0.163 e. The molecule has 0 spiro atoms. The summed E-state index contributed by atoms with van der Waals surface area (Å²) in [6.07, 6.45) is 14.3. The van der Waals surface area contributed by atoms with E-state index in [0.29, 0.717) is 5.92 Å². The number of likely N-dealkylation sites (tertiary alicyclic amines) is 1. The van der Waals surface area contributed by atoms with Crippen molar-refractivity contribution in [3.8, 4) is 0 Å². The van der Waals surface area contributed by atoms with Crippen molar-refractivity contribution in [2.75, 3.05) is 13.1 Å². The molecule has 2 aliphatic heterocycles. The number of benzene rings is 2. The fourth-order valence-corrected chi connectivity index (χ4v) is 9.98. The van der Waals surface area contributed by atoms with E-state index in [-0.39, 0.29) is 23.1 Å². The zero-order valence-corrected chi connectivity index (χ0v) is 19.9. The summed E-state index contributed by atoms with van der Waals surface area (Å²) in [5, 5.41) is -0.689. The van der Waals surface area contributed by atoms with Gasteiger partial charge in [-0.2, -0.15) is 0 Å². The zero-order valence-electron chi connectivity index (χ0n) is 19.1. The predicted octanol–water partition coefficient (Wildman–Crippen LogP) is 5.47. The lowest BCUT2D eigenvalue weighted by Gasteiger charge is -2.54. The second kappa shape index (κ2) is 8.56. The Morgan fingerprint density at radius 2 is 1.61 bits per heavy atom. The third-order valence-corrected chi connectivity index (χ3v) is 11.2. The van der Waals surface area contributed by atoms with Crippen molar-refractivity contribution in [3.63, 3.8) is 0 Å². The summed E-state index contributed by atoms with van der Waals surface area (Å²) in [7, 11) is -3.27. The predicted molar refractivity (Wildman–Crippen MR) is 134 cm³/mol. The topological polar surface area (TPSA) is 37.4 Å². The first-order valence-electron chi connectivity index (χ1n) is 12.6. The highest BCUT2D eigenvalue weighted by Crippen LogP contribution is 2.56.